The summed E-state index contributed by atoms with van der Waals surface area (Å²) in [6.45, 7) is 2.02. The number of halogens is 2. The molecule has 190 valence electrons. The fourth-order valence-corrected chi connectivity index (χ4v) is 5.08. The zero-order valence-corrected chi connectivity index (χ0v) is 21.0. The summed E-state index contributed by atoms with van der Waals surface area (Å²) in [4.78, 5) is 29.2. The minimum Gasteiger partial charge on any atom is -0.336 e. The summed E-state index contributed by atoms with van der Waals surface area (Å²) in [6, 6.07) is 9.86. The SMILES string of the molecule is CCCCC(=O)Nc1cncc(-c2ccc3[nH]nc(-c4nc5c(-c6ccc(F)s6)nccc5[nH]4)c3c2F)c1. The van der Waals surface area contributed by atoms with Gasteiger partial charge in [0.2, 0.25) is 5.91 Å². The Balaban J connectivity index is 1.41. The minimum absolute atomic E-state index is 0.108. The summed E-state index contributed by atoms with van der Waals surface area (Å²) in [5, 5.41) is 9.98. The standard InChI is InChI=1S/C27H21F2N7OS/c1-2-3-4-21(37)32-15-11-14(12-30-13-15)16-5-6-17-22(23(16)29)26(36-35-17)27-33-18-9-10-31-25(24(18)34-27)19-7-8-20(28)38-19/h5-13H,2-4H2,1H3,(H,32,37)(H,33,34)(H,35,36). The van der Waals surface area contributed by atoms with Crippen molar-refractivity contribution in [2.45, 2.75) is 26.2 Å². The van der Waals surface area contributed by atoms with Gasteiger partial charge in [0.15, 0.2) is 11.0 Å². The van der Waals surface area contributed by atoms with E-state index in [9.17, 15) is 9.18 Å². The number of hydrogen-bond acceptors (Lipinski definition) is 6. The Hall–Kier alpha value is -4.51. The molecule has 6 rings (SSSR count). The van der Waals surface area contributed by atoms with Gasteiger partial charge in [0.25, 0.3) is 0 Å². The predicted octanol–water partition coefficient (Wildman–Crippen LogP) is 6.70. The number of unbranched alkanes of at least 4 members (excludes halogenated alkanes) is 1. The molecule has 8 nitrogen and oxygen atoms in total. The molecular weight excluding hydrogens is 508 g/mol. The second-order valence-corrected chi connectivity index (χ2v) is 9.81. The van der Waals surface area contributed by atoms with E-state index in [2.05, 4.69) is 35.5 Å². The van der Waals surface area contributed by atoms with Gasteiger partial charge >= 0.3 is 0 Å². The maximum absolute atomic E-state index is 16.0. The number of H-pyrrole nitrogens is 2. The van der Waals surface area contributed by atoms with Crippen molar-refractivity contribution in [3.63, 3.8) is 0 Å². The molecule has 3 N–H and O–H groups in total. The molecular formula is C27H21F2N7OS. The Kier molecular flexibility index (Phi) is 6.12. The molecule has 1 amide bonds. The van der Waals surface area contributed by atoms with Gasteiger partial charge in [-0.1, -0.05) is 13.3 Å². The highest BCUT2D eigenvalue weighted by Gasteiger charge is 2.21. The number of imidazole rings is 1. The molecule has 6 aromatic rings. The number of thiophene rings is 1. The third kappa shape index (κ3) is 4.30. The van der Waals surface area contributed by atoms with Crippen LogP contribution in [0.3, 0.4) is 0 Å². The number of benzene rings is 1. The van der Waals surface area contributed by atoms with Crippen LogP contribution in [0.15, 0.2) is 55.0 Å². The molecule has 0 radical (unpaired) electrons. The number of nitrogens with zero attached hydrogens (tertiary/aromatic N) is 4. The lowest BCUT2D eigenvalue weighted by Crippen LogP contribution is -2.11. The molecule has 11 heteroatoms. The van der Waals surface area contributed by atoms with Gasteiger partial charge in [-0.15, -0.1) is 11.3 Å². The van der Waals surface area contributed by atoms with E-state index in [1.807, 2.05) is 6.92 Å². The Morgan fingerprint density at radius 3 is 2.79 bits per heavy atom. The van der Waals surface area contributed by atoms with Gasteiger partial charge in [-0.3, -0.25) is 19.9 Å². The number of hydrogen-bond donors (Lipinski definition) is 3. The monoisotopic (exact) mass is 529 g/mol. The van der Waals surface area contributed by atoms with Crippen LogP contribution in [0.4, 0.5) is 14.5 Å². The maximum Gasteiger partial charge on any atom is 0.224 e. The number of rotatable bonds is 7. The molecule has 0 unspecified atom stereocenters. The molecule has 0 aliphatic carbocycles. The number of aromatic nitrogens is 6. The van der Waals surface area contributed by atoms with E-state index in [1.165, 1.54) is 12.3 Å². The molecule has 0 saturated carbocycles. The molecule has 0 atom stereocenters. The number of anilines is 1. The van der Waals surface area contributed by atoms with E-state index in [0.29, 0.717) is 61.9 Å². The summed E-state index contributed by atoms with van der Waals surface area (Å²) in [5.41, 5.74) is 3.86. The summed E-state index contributed by atoms with van der Waals surface area (Å²) >= 11 is 0.978. The number of nitrogens with one attached hydrogen (secondary N) is 3. The fraction of sp³-hybridized carbons (Fsp3) is 0.148. The molecule has 0 spiro atoms. The van der Waals surface area contributed by atoms with E-state index in [-0.39, 0.29) is 16.4 Å². The summed E-state index contributed by atoms with van der Waals surface area (Å²) in [6.07, 6.45) is 6.81. The van der Waals surface area contributed by atoms with Crippen LogP contribution in [0.1, 0.15) is 26.2 Å². The summed E-state index contributed by atoms with van der Waals surface area (Å²) in [5.74, 6) is -0.256. The molecule has 5 aromatic heterocycles. The Labute approximate surface area is 219 Å². The lowest BCUT2D eigenvalue weighted by atomic mass is 10.0. The van der Waals surface area contributed by atoms with Crippen LogP contribution < -0.4 is 5.32 Å². The van der Waals surface area contributed by atoms with Crippen molar-refractivity contribution in [1.29, 1.82) is 0 Å². The average molecular weight is 530 g/mol. The second kappa shape index (κ2) is 9.75. The van der Waals surface area contributed by atoms with Gasteiger partial charge in [-0.2, -0.15) is 9.49 Å². The largest absolute Gasteiger partial charge is 0.336 e. The van der Waals surface area contributed by atoms with Gasteiger partial charge < -0.3 is 10.3 Å². The van der Waals surface area contributed by atoms with Crippen LogP contribution in [0.5, 0.6) is 0 Å². The first-order chi connectivity index (χ1) is 18.5. The average Bonchev–Trinajstić information content (AvgIpc) is 3.65. The number of pyridine rings is 2. The number of aromatic amines is 2. The second-order valence-electron chi connectivity index (χ2n) is 8.78. The van der Waals surface area contributed by atoms with Crippen molar-refractivity contribution in [1.82, 2.24) is 30.1 Å². The van der Waals surface area contributed by atoms with Crippen LogP contribution in [0, 0.1) is 10.9 Å². The summed E-state index contributed by atoms with van der Waals surface area (Å²) < 4.78 is 29.7. The topological polar surface area (TPSA) is 112 Å². The van der Waals surface area contributed by atoms with Gasteiger partial charge in [0.05, 0.1) is 33.2 Å². The zero-order chi connectivity index (χ0) is 26.2. The van der Waals surface area contributed by atoms with Gasteiger partial charge in [-0.25, -0.2) is 9.37 Å². The molecule has 0 aliphatic heterocycles. The predicted molar refractivity (Wildman–Crippen MR) is 144 cm³/mol. The molecule has 0 fully saturated rings. The van der Waals surface area contributed by atoms with Gasteiger partial charge in [0.1, 0.15) is 22.7 Å². The van der Waals surface area contributed by atoms with Crippen molar-refractivity contribution in [3.8, 4) is 33.2 Å². The van der Waals surface area contributed by atoms with Crippen LogP contribution in [0.25, 0.3) is 55.2 Å². The quantitative estimate of drug-likeness (QED) is 0.213. The number of carbonyl (C=O) groups is 1. The minimum atomic E-state index is -0.498. The smallest absolute Gasteiger partial charge is 0.224 e. The van der Waals surface area contributed by atoms with E-state index in [1.54, 1.807) is 42.7 Å². The normalized spacial score (nSPS) is 11.4. The Bertz CT molecular complexity index is 1810. The first-order valence-electron chi connectivity index (χ1n) is 12.0. The third-order valence-electron chi connectivity index (χ3n) is 6.19. The Morgan fingerprint density at radius 2 is 1.97 bits per heavy atom. The lowest BCUT2D eigenvalue weighted by Gasteiger charge is -2.08. The highest BCUT2D eigenvalue weighted by Crippen LogP contribution is 2.36. The first kappa shape index (κ1) is 23.9. The van der Waals surface area contributed by atoms with E-state index < -0.39 is 5.82 Å². The third-order valence-corrected chi connectivity index (χ3v) is 7.07. The Morgan fingerprint density at radius 1 is 1.08 bits per heavy atom. The van der Waals surface area contributed by atoms with Gasteiger partial charge in [0, 0.05) is 29.9 Å². The summed E-state index contributed by atoms with van der Waals surface area (Å²) in [7, 11) is 0. The molecule has 0 aliphatic rings. The number of carbonyl (C=O) groups excluding carboxylic acids is 1. The van der Waals surface area contributed by atoms with Crippen molar-refractivity contribution in [2.24, 2.45) is 0 Å². The maximum atomic E-state index is 16.0. The van der Waals surface area contributed by atoms with Crippen LogP contribution in [-0.4, -0.2) is 36.0 Å². The van der Waals surface area contributed by atoms with Crippen LogP contribution >= 0.6 is 11.3 Å². The molecule has 1 aromatic carbocycles. The lowest BCUT2D eigenvalue weighted by molar-refractivity contribution is -0.116. The van der Waals surface area contributed by atoms with E-state index in [0.717, 1.165) is 24.2 Å². The molecule has 38 heavy (non-hydrogen) atoms. The zero-order valence-electron chi connectivity index (χ0n) is 20.2. The number of fused-ring (bicyclic) bond motifs is 2. The van der Waals surface area contributed by atoms with E-state index >= 15 is 4.39 Å². The van der Waals surface area contributed by atoms with Crippen molar-refractivity contribution < 1.29 is 13.6 Å². The molecule has 0 bridgehead atoms. The first-order valence-corrected chi connectivity index (χ1v) is 12.9. The number of amides is 1. The van der Waals surface area contributed by atoms with Crippen molar-refractivity contribution in [2.75, 3.05) is 5.32 Å². The van der Waals surface area contributed by atoms with Crippen LogP contribution in [-0.2, 0) is 4.79 Å². The highest BCUT2D eigenvalue weighted by atomic mass is 32.1. The fourth-order valence-electron chi connectivity index (χ4n) is 4.35. The van der Waals surface area contributed by atoms with Crippen LogP contribution in [0.2, 0.25) is 0 Å². The molecule has 5 heterocycles. The van der Waals surface area contributed by atoms with Gasteiger partial charge in [-0.05, 0) is 42.8 Å². The molecule has 0 saturated heterocycles. The highest BCUT2D eigenvalue weighted by molar-refractivity contribution is 7.13. The van der Waals surface area contributed by atoms with E-state index in [4.69, 9.17) is 0 Å². The van der Waals surface area contributed by atoms with Crippen molar-refractivity contribution in [3.05, 3.63) is 65.9 Å². The van der Waals surface area contributed by atoms with Crippen molar-refractivity contribution >= 4 is 44.9 Å².